The van der Waals surface area contributed by atoms with Crippen LogP contribution in [0.4, 0.5) is 5.69 Å². The monoisotopic (exact) mass is 387 g/mol. The van der Waals surface area contributed by atoms with Crippen LogP contribution < -0.4 is 10.1 Å². The van der Waals surface area contributed by atoms with E-state index in [2.05, 4.69) is 5.32 Å². The highest BCUT2D eigenvalue weighted by Gasteiger charge is 2.13. The van der Waals surface area contributed by atoms with Crippen molar-refractivity contribution >= 4 is 46.5 Å². The molecule has 0 bridgehead atoms. The second kappa shape index (κ2) is 7.97. The van der Waals surface area contributed by atoms with Crippen LogP contribution in [-0.4, -0.2) is 17.2 Å². The number of hydrogen-bond acceptors (Lipinski definition) is 3. The van der Waals surface area contributed by atoms with Crippen LogP contribution in [0.3, 0.4) is 0 Å². The Labute approximate surface area is 155 Å². The first-order chi connectivity index (χ1) is 11.3. The summed E-state index contributed by atoms with van der Waals surface area (Å²) in [5, 5.41) is 13.3. The number of nitrogens with one attached hydrogen (secondary N) is 1. The molecule has 0 aliphatic heterocycles. The Bertz CT molecular complexity index is 763. The van der Waals surface area contributed by atoms with Gasteiger partial charge in [-0.3, -0.25) is 0 Å². The Morgan fingerprint density at radius 2 is 1.88 bits per heavy atom. The van der Waals surface area contributed by atoms with Crippen molar-refractivity contribution in [3.05, 3.63) is 56.5 Å². The molecule has 0 aromatic heterocycles. The van der Waals surface area contributed by atoms with Crippen molar-refractivity contribution in [1.82, 2.24) is 0 Å². The smallest absolute Gasteiger partial charge is 0.337 e. The Balaban J connectivity index is 2.22. The van der Waals surface area contributed by atoms with Gasteiger partial charge in [-0.2, -0.15) is 0 Å². The van der Waals surface area contributed by atoms with Crippen LogP contribution in [0, 0.1) is 0 Å². The summed E-state index contributed by atoms with van der Waals surface area (Å²) in [4.78, 5) is 11.0. The lowest BCUT2D eigenvalue weighted by Gasteiger charge is -2.17. The van der Waals surface area contributed by atoms with Gasteiger partial charge in [0, 0.05) is 22.8 Å². The summed E-state index contributed by atoms with van der Waals surface area (Å²) < 4.78 is 5.76. The Hall–Kier alpha value is -1.62. The average Bonchev–Trinajstić information content (AvgIpc) is 2.47. The number of hydrogen-bond donors (Lipinski definition) is 2. The molecular weight excluding hydrogens is 373 g/mol. The van der Waals surface area contributed by atoms with Crippen molar-refractivity contribution in [2.45, 2.75) is 26.5 Å². The van der Waals surface area contributed by atoms with E-state index in [-0.39, 0.29) is 16.7 Å². The largest absolute Gasteiger partial charge is 0.489 e. The van der Waals surface area contributed by atoms with Crippen molar-refractivity contribution in [1.29, 1.82) is 0 Å². The molecule has 4 nitrogen and oxygen atoms in total. The van der Waals surface area contributed by atoms with E-state index in [0.717, 1.165) is 5.56 Å². The van der Waals surface area contributed by atoms with Gasteiger partial charge < -0.3 is 15.2 Å². The number of ether oxygens (including phenoxy) is 1. The summed E-state index contributed by atoms with van der Waals surface area (Å²) in [6, 6.07) is 8.04. The van der Waals surface area contributed by atoms with Crippen molar-refractivity contribution in [2.24, 2.45) is 0 Å². The fraction of sp³-hybridized carbons (Fsp3) is 0.235. The molecule has 2 aromatic carbocycles. The van der Waals surface area contributed by atoms with Gasteiger partial charge >= 0.3 is 5.97 Å². The molecule has 2 aromatic rings. The van der Waals surface area contributed by atoms with E-state index in [1.807, 2.05) is 13.8 Å². The first-order valence-corrected chi connectivity index (χ1v) is 8.32. The van der Waals surface area contributed by atoms with Crippen LogP contribution in [0.15, 0.2) is 30.3 Å². The number of carboxylic acids is 1. The van der Waals surface area contributed by atoms with Gasteiger partial charge in [-0.15, -0.1) is 0 Å². The van der Waals surface area contributed by atoms with E-state index >= 15 is 0 Å². The van der Waals surface area contributed by atoms with Crippen LogP contribution in [-0.2, 0) is 6.54 Å². The van der Waals surface area contributed by atoms with Crippen LogP contribution in [0.25, 0.3) is 0 Å². The lowest BCUT2D eigenvalue weighted by Crippen LogP contribution is -2.10. The van der Waals surface area contributed by atoms with E-state index < -0.39 is 5.97 Å². The summed E-state index contributed by atoms with van der Waals surface area (Å²) in [6.07, 6.45) is -0.0354. The minimum Gasteiger partial charge on any atom is -0.489 e. The summed E-state index contributed by atoms with van der Waals surface area (Å²) in [5.41, 5.74) is 1.52. The van der Waals surface area contributed by atoms with E-state index in [1.165, 1.54) is 6.07 Å². The average molecular weight is 389 g/mol. The van der Waals surface area contributed by atoms with Crippen molar-refractivity contribution < 1.29 is 14.6 Å². The van der Waals surface area contributed by atoms with Gasteiger partial charge in [0.15, 0.2) is 0 Å². The molecule has 0 spiro atoms. The second-order valence-electron chi connectivity index (χ2n) is 5.40. The van der Waals surface area contributed by atoms with Crippen molar-refractivity contribution in [3.8, 4) is 5.75 Å². The molecule has 0 heterocycles. The third-order valence-corrected chi connectivity index (χ3v) is 3.93. The number of aromatic carboxylic acids is 1. The van der Waals surface area contributed by atoms with Crippen molar-refractivity contribution in [3.63, 3.8) is 0 Å². The third-order valence-electron chi connectivity index (χ3n) is 3.12. The first kappa shape index (κ1) is 18.7. The molecule has 24 heavy (non-hydrogen) atoms. The molecule has 128 valence electrons. The highest BCUT2D eigenvalue weighted by Crippen LogP contribution is 2.34. The van der Waals surface area contributed by atoms with Crippen LogP contribution in [0.2, 0.25) is 15.1 Å². The van der Waals surface area contributed by atoms with Gasteiger partial charge in [0.1, 0.15) is 5.75 Å². The second-order valence-corrected chi connectivity index (χ2v) is 6.65. The highest BCUT2D eigenvalue weighted by atomic mass is 35.5. The van der Waals surface area contributed by atoms with Crippen molar-refractivity contribution in [2.75, 3.05) is 5.32 Å². The molecule has 7 heteroatoms. The van der Waals surface area contributed by atoms with Crippen LogP contribution in [0.1, 0.15) is 29.8 Å². The lowest BCUT2D eigenvalue weighted by atomic mass is 10.1. The number of carbonyl (C=O) groups is 1. The Kier molecular flexibility index (Phi) is 6.21. The molecule has 2 N–H and O–H groups in total. The molecule has 2 rings (SSSR count). The Morgan fingerprint density at radius 3 is 2.46 bits per heavy atom. The molecule has 0 aliphatic carbocycles. The predicted octanol–water partition coefficient (Wildman–Crippen LogP) is 5.74. The zero-order valence-corrected chi connectivity index (χ0v) is 15.3. The number of anilines is 1. The van der Waals surface area contributed by atoms with E-state index in [1.54, 1.807) is 24.3 Å². The molecule has 0 saturated heterocycles. The predicted molar refractivity (Wildman–Crippen MR) is 98.0 cm³/mol. The zero-order valence-electron chi connectivity index (χ0n) is 13.1. The van der Waals surface area contributed by atoms with Gasteiger partial charge in [0.25, 0.3) is 0 Å². The fourth-order valence-corrected chi connectivity index (χ4v) is 2.95. The quantitative estimate of drug-likeness (QED) is 0.662. The topological polar surface area (TPSA) is 58.6 Å². The number of carboxylic acid groups (broad SMARTS) is 1. The summed E-state index contributed by atoms with van der Waals surface area (Å²) in [7, 11) is 0. The molecule has 0 atom stereocenters. The summed E-state index contributed by atoms with van der Waals surface area (Å²) in [5.74, 6) is -0.502. The maximum atomic E-state index is 11.0. The fourth-order valence-electron chi connectivity index (χ4n) is 2.11. The number of halogens is 3. The molecule has 0 aliphatic rings. The zero-order chi connectivity index (χ0) is 17.9. The number of rotatable bonds is 6. The third kappa shape index (κ3) is 4.69. The lowest BCUT2D eigenvalue weighted by molar-refractivity contribution is 0.0697. The van der Waals surface area contributed by atoms with E-state index in [4.69, 9.17) is 44.6 Å². The van der Waals surface area contributed by atoms with Gasteiger partial charge in [0.05, 0.1) is 21.7 Å². The first-order valence-electron chi connectivity index (χ1n) is 7.19. The molecule has 0 fully saturated rings. The molecular formula is C17H16Cl3NO3. The summed E-state index contributed by atoms with van der Waals surface area (Å²) >= 11 is 18.3. The molecule has 0 amide bonds. The van der Waals surface area contributed by atoms with E-state index in [9.17, 15) is 4.79 Å². The highest BCUT2D eigenvalue weighted by molar-refractivity contribution is 6.35. The van der Waals surface area contributed by atoms with Crippen LogP contribution in [0.5, 0.6) is 5.75 Å². The SMILES string of the molecule is CC(C)Oc1c(Cl)cc(Cl)cc1CNc1ccc(C(=O)O)c(Cl)c1. The van der Waals surface area contributed by atoms with Gasteiger partial charge in [-0.05, 0) is 44.2 Å². The molecule has 0 radical (unpaired) electrons. The van der Waals surface area contributed by atoms with Gasteiger partial charge in [0.2, 0.25) is 0 Å². The standard InChI is InChI=1S/C17H16Cl3NO3/c1-9(2)24-16-10(5-11(18)6-15(16)20)8-21-12-3-4-13(17(22)23)14(19)7-12/h3-7,9,21H,8H2,1-2H3,(H,22,23). The normalized spacial score (nSPS) is 10.8. The molecule has 0 unspecified atom stereocenters. The van der Waals surface area contributed by atoms with Gasteiger partial charge in [-0.25, -0.2) is 4.79 Å². The minimum atomic E-state index is -1.07. The number of benzene rings is 2. The maximum absolute atomic E-state index is 11.0. The molecule has 0 saturated carbocycles. The van der Waals surface area contributed by atoms with E-state index in [0.29, 0.717) is 28.0 Å². The summed E-state index contributed by atoms with van der Waals surface area (Å²) in [6.45, 7) is 4.21. The minimum absolute atomic E-state index is 0.0354. The van der Waals surface area contributed by atoms with Gasteiger partial charge in [-0.1, -0.05) is 34.8 Å². The maximum Gasteiger partial charge on any atom is 0.337 e. The Morgan fingerprint density at radius 1 is 1.17 bits per heavy atom. The van der Waals surface area contributed by atoms with Crippen LogP contribution >= 0.6 is 34.8 Å².